The Morgan fingerprint density at radius 2 is 1.88 bits per heavy atom. The van der Waals surface area contributed by atoms with Gasteiger partial charge in [-0.15, -0.1) is 0 Å². The molecule has 25 heavy (non-hydrogen) atoms. The number of anilines is 1. The number of halogens is 1. The third-order valence-electron chi connectivity index (χ3n) is 3.23. The molecule has 8 heteroatoms. The van der Waals surface area contributed by atoms with Gasteiger partial charge in [-0.25, -0.2) is 4.79 Å². The lowest BCUT2D eigenvalue weighted by atomic mass is 10.1. The third-order valence-corrected chi connectivity index (χ3v) is 3.72. The molecule has 0 fully saturated rings. The zero-order chi connectivity index (χ0) is 18.4. The lowest BCUT2D eigenvalue weighted by Gasteiger charge is -2.11. The number of nitrogens with one attached hydrogen (secondary N) is 1. The van der Waals surface area contributed by atoms with Crippen LogP contribution in [0.2, 0.25) is 0 Å². The molecule has 0 aliphatic carbocycles. The summed E-state index contributed by atoms with van der Waals surface area (Å²) in [5, 5.41) is 13.3. The van der Waals surface area contributed by atoms with Crippen molar-refractivity contribution in [2.45, 2.75) is 13.3 Å². The molecule has 0 heterocycles. The number of non-ortho nitro benzene ring substituents is 1. The van der Waals surface area contributed by atoms with Gasteiger partial charge in [0.1, 0.15) is 0 Å². The summed E-state index contributed by atoms with van der Waals surface area (Å²) in [5.74, 6) is -1.02. The van der Waals surface area contributed by atoms with Crippen molar-refractivity contribution in [2.24, 2.45) is 0 Å². The van der Waals surface area contributed by atoms with Gasteiger partial charge in [0.15, 0.2) is 0 Å². The number of ether oxygens (including phenoxy) is 1. The van der Waals surface area contributed by atoms with Crippen molar-refractivity contribution in [1.29, 1.82) is 0 Å². The van der Waals surface area contributed by atoms with Gasteiger partial charge in [0.05, 0.1) is 22.8 Å². The summed E-state index contributed by atoms with van der Waals surface area (Å²) in [6.45, 7) is 2.16. The van der Waals surface area contributed by atoms with Crippen LogP contribution >= 0.6 is 15.9 Å². The molecular formula is C17H15BrN2O5. The van der Waals surface area contributed by atoms with Gasteiger partial charge in [-0.05, 0) is 36.8 Å². The zero-order valence-electron chi connectivity index (χ0n) is 13.3. The highest BCUT2D eigenvalue weighted by molar-refractivity contribution is 9.10. The van der Waals surface area contributed by atoms with Crippen molar-refractivity contribution in [3.8, 4) is 0 Å². The first kappa shape index (κ1) is 18.6. The lowest BCUT2D eigenvalue weighted by Crippen LogP contribution is -2.16. The van der Waals surface area contributed by atoms with Crippen molar-refractivity contribution in [2.75, 3.05) is 11.9 Å². The number of nitro groups is 1. The van der Waals surface area contributed by atoms with E-state index in [1.807, 2.05) is 6.92 Å². The van der Waals surface area contributed by atoms with Gasteiger partial charge >= 0.3 is 5.97 Å². The number of rotatable bonds is 6. The fourth-order valence-corrected chi connectivity index (χ4v) is 2.36. The topological polar surface area (TPSA) is 98.5 Å². The van der Waals surface area contributed by atoms with E-state index in [0.29, 0.717) is 16.6 Å². The number of nitro benzene ring substituents is 1. The van der Waals surface area contributed by atoms with Crippen LogP contribution in [-0.2, 0) is 4.74 Å². The molecule has 0 aliphatic rings. The molecule has 130 valence electrons. The lowest BCUT2D eigenvalue weighted by molar-refractivity contribution is -0.384. The Balaban J connectivity index is 2.22. The molecule has 0 unspecified atom stereocenters. The number of benzene rings is 2. The van der Waals surface area contributed by atoms with E-state index in [2.05, 4.69) is 21.2 Å². The van der Waals surface area contributed by atoms with Crippen molar-refractivity contribution >= 4 is 39.2 Å². The molecule has 0 aromatic heterocycles. The maximum Gasteiger partial charge on any atom is 0.340 e. The van der Waals surface area contributed by atoms with Crippen molar-refractivity contribution in [3.05, 3.63) is 68.2 Å². The minimum Gasteiger partial charge on any atom is -0.462 e. The van der Waals surface area contributed by atoms with E-state index < -0.39 is 16.8 Å². The third kappa shape index (κ3) is 4.87. The molecule has 0 saturated carbocycles. The van der Waals surface area contributed by atoms with Crippen LogP contribution in [0.4, 0.5) is 11.4 Å². The van der Waals surface area contributed by atoms with Crippen LogP contribution in [0.1, 0.15) is 34.1 Å². The molecule has 2 aromatic rings. The smallest absolute Gasteiger partial charge is 0.340 e. The highest BCUT2D eigenvalue weighted by Crippen LogP contribution is 2.23. The van der Waals surface area contributed by atoms with Crippen LogP contribution in [0.5, 0.6) is 0 Å². The zero-order valence-corrected chi connectivity index (χ0v) is 14.9. The Labute approximate surface area is 152 Å². The van der Waals surface area contributed by atoms with E-state index in [9.17, 15) is 19.7 Å². The molecule has 0 aliphatic heterocycles. The molecule has 0 bridgehead atoms. The minimum atomic E-state index is -0.543. The van der Waals surface area contributed by atoms with Crippen LogP contribution in [0.3, 0.4) is 0 Å². The monoisotopic (exact) mass is 406 g/mol. The van der Waals surface area contributed by atoms with Gasteiger partial charge in [0.2, 0.25) is 0 Å². The van der Waals surface area contributed by atoms with Crippen molar-refractivity contribution in [1.82, 2.24) is 0 Å². The van der Waals surface area contributed by atoms with Gasteiger partial charge in [-0.2, -0.15) is 0 Å². The summed E-state index contributed by atoms with van der Waals surface area (Å²) in [6, 6.07) is 10.0. The maximum absolute atomic E-state index is 12.3. The Kier molecular flexibility index (Phi) is 6.24. The number of amides is 1. The van der Waals surface area contributed by atoms with E-state index in [1.54, 1.807) is 18.2 Å². The first-order valence-corrected chi connectivity index (χ1v) is 8.24. The number of nitrogens with zero attached hydrogens (tertiary/aromatic N) is 1. The molecule has 7 nitrogen and oxygen atoms in total. The largest absolute Gasteiger partial charge is 0.462 e. The Morgan fingerprint density at radius 1 is 1.20 bits per heavy atom. The van der Waals surface area contributed by atoms with Gasteiger partial charge < -0.3 is 10.1 Å². The normalized spacial score (nSPS) is 10.2. The van der Waals surface area contributed by atoms with E-state index in [4.69, 9.17) is 4.74 Å². The van der Waals surface area contributed by atoms with Gasteiger partial charge in [0, 0.05) is 22.2 Å². The Hall–Kier alpha value is -2.74. The number of carbonyl (C=O) groups excluding carboxylic acids is 2. The summed E-state index contributed by atoms with van der Waals surface area (Å²) in [7, 11) is 0. The number of hydrogen-bond donors (Lipinski definition) is 1. The standard InChI is InChI=1S/C17H15BrN2O5/c1-2-9-25-17(22)14-10-12(18)5-8-15(14)19-16(21)11-3-6-13(7-4-11)20(23)24/h3-8,10H,2,9H2,1H3,(H,19,21). The quantitative estimate of drug-likeness (QED) is 0.440. The average Bonchev–Trinajstić information content (AvgIpc) is 2.61. The van der Waals surface area contributed by atoms with E-state index in [1.165, 1.54) is 24.3 Å². The molecular weight excluding hydrogens is 392 g/mol. The number of carbonyl (C=O) groups is 2. The fraction of sp³-hybridized carbons (Fsp3) is 0.176. The van der Waals surface area contributed by atoms with E-state index in [0.717, 1.165) is 0 Å². The molecule has 0 spiro atoms. The van der Waals surface area contributed by atoms with Gasteiger partial charge in [-0.1, -0.05) is 22.9 Å². The maximum atomic E-state index is 12.3. The fourth-order valence-electron chi connectivity index (χ4n) is 2.00. The number of hydrogen-bond acceptors (Lipinski definition) is 5. The number of esters is 1. The van der Waals surface area contributed by atoms with E-state index in [-0.39, 0.29) is 23.4 Å². The second-order valence-electron chi connectivity index (χ2n) is 5.08. The molecule has 0 radical (unpaired) electrons. The summed E-state index contributed by atoms with van der Waals surface area (Å²) >= 11 is 3.28. The van der Waals surface area contributed by atoms with E-state index >= 15 is 0 Å². The van der Waals surface area contributed by atoms with Crippen LogP contribution in [0, 0.1) is 10.1 Å². The minimum absolute atomic E-state index is 0.107. The van der Waals surface area contributed by atoms with Gasteiger partial charge in [-0.3, -0.25) is 14.9 Å². The highest BCUT2D eigenvalue weighted by atomic mass is 79.9. The second kappa shape index (κ2) is 8.39. The molecule has 1 amide bonds. The second-order valence-corrected chi connectivity index (χ2v) is 6.00. The van der Waals surface area contributed by atoms with Crippen LogP contribution in [-0.4, -0.2) is 23.4 Å². The highest BCUT2D eigenvalue weighted by Gasteiger charge is 2.17. The van der Waals surface area contributed by atoms with Crippen LogP contribution in [0.25, 0.3) is 0 Å². The Morgan fingerprint density at radius 3 is 2.48 bits per heavy atom. The summed E-state index contributed by atoms with van der Waals surface area (Å²) < 4.78 is 5.79. The van der Waals surface area contributed by atoms with Crippen LogP contribution < -0.4 is 5.32 Å². The molecule has 2 rings (SSSR count). The Bertz CT molecular complexity index is 805. The van der Waals surface area contributed by atoms with Crippen LogP contribution in [0.15, 0.2) is 46.9 Å². The predicted octanol–water partition coefficient (Wildman–Crippen LogP) is 4.18. The first-order chi connectivity index (χ1) is 11.9. The van der Waals surface area contributed by atoms with Crippen molar-refractivity contribution in [3.63, 3.8) is 0 Å². The predicted molar refractivity (Wildman–Crippen MR) is 95.8 cm³/mol. The summed E-state index contributed by atoms with van der Waals surface area (Å²) in [6.07, 6.45) is 0.685. The average molecular weight is 407 g/mol. The molecule has 2 aromatic carbocycles. The molecule has 0 saturated heterocycles. The van der Waals surface area contributed by atoms with Crippen molar-refractivity contribution < 1.29 is 19.2 Å². The first-order valence-electron chi connectivity index (χ1n) is 7.45. The summed E-state index contributed by atoms with van der Waals surface area (Å²) in [5.41, 5.74) is 0.649. The molecule has 0 atom stereocenters. The summed E-state index contributed by atoms with van der Waals surface area (Å²) in [4.78, 5) is 34.6. The SMILES string of the molecule is CCCOC(=O)c1cc(Br)ccc1NC(=O)c1ccc([N+](=O)[O-])cc1. The molecule has 1 N–H and O–H groups in total. The van der Waals surface area contributed by atoms with Gasteiger partial charge in [0.25, 0.3) is 11.6 Å².